The molecule has 0 unspecified atom stereocenters. The van der Waals surface area contributed by atoms with E-state index in [1.807, 2.05) is 18.0 Å². The molecule has 2 aromatic rings. The summed E-state index contributed by atoms with van der Waals surface area (Å²) < 4.78 is 0. The Balaban J connectivity index is 1.50. The van der Waals surface area contributed by atoms with Gasteiger partial charge in [0, 0.05) is 30.3 Å². The van der Waals surface area contributed by atoms with Gasteiger partial charge in [-0.25, -0.2) is 4.98 Å². The number of aromatic nitrogens is 2. The third kappa shape index (κ3) is 2.88. The maximum absolute atomic E-state index is 4.56. The van der Waals surface area contributed by atoms with Gasteiger partial charge in [-0.05, 0) is 37.1 Å². The number of hydrogen-bond acceptors (Lipinski definition) is 4. The summed E-state index contributed by atoms with van der Waals surface area (Å²) >= 11 is 2.05. The second-order valence-corrected chi connectivity index (χ2v) is 7.20. The van der Waals surface area contributed by atoms with Crippen molar-refractivity contribution in [3.05, 3.63) is 36.3 Å². The first kappa shape index (κ1) is 14.2. The Labute approximate surface area is 135 Å². The highest BCUT2D eigenvalue weighted by atomic mass is 32.2. The Kier molecular flexibility index (Phi) is 4.08. The van der Waals surface area contributed by atoms with Crippen LogP contribution in [0.2, 0.25) is 0 Å². The lowest BCUT2D eigenvalue weighted by Crippen LogP contribution is -2.32. The van der Waals surface area contributed by atoms with E-state index in [9.17, 15) is 0 Å². The van der Waals surface area contributed by atoms with Crippen molar-refractivity contribution < 1.29 is 0 Å². The summed E-state index contributed by atoms with van der Waals surface area (Å²) in [7, 11) is 0. The topological polar surface area (TPSA) is 44.0 Å². The molecular formula is C17H22N4S. The summed E-state index contributed by atoms with van der Waals surface area (Å²) in [6.07, 6.45) is 4.38. The Hall–Kier alpha value is -1.46. The van der Waals surface area contributed by atoms with Gasteiger partial charge in [-0.15, -0.1) is 0 Å². The summed E-state index contributed by atoms with van der Waals surface area (Å²) in [6, 6.07) is 9.28. The number of thioether (sulfide) groups is 1. The van der Waals surface area contributed by atoms with E-state index in [1.165, 1.54) is 35.6 Å². The van der Waals surface area contributed by atoms with E-state index < -0.39 is 0 Å². The molecule has 1 aromatic heterocycles. The molecule has 0 saturated carbocycles. The predicted molar refractivity (Wildman–Crippen MR) is 93.5 cm³/mol. The second kappa shape index (κ2) is 6.34. The van der Waals surface area contributed by atoms with Crippen molar-refractivity contribution in [2.24, 2.45) is 0 Å². The van der Waals surface area contributed by atoms with Crippen molar-refractivity contribution in [3.8, 4) is 11.3 Å². The summed E-state index contributed by atoms with van der Waals surface area (Å²) in [4.78, 5) is 10.5. The Morgan fingerprint density at radius 3 is 2.68 bits per heavy atom. The number of aromatic amines is 1. The van der Waals surface area contributed by atoms with E-state index in [0.717, 1.165) is 31.2 Å². The number of hydrogen-bond donors (Lipinski definition) is 2. The van der Waals surface area contributed by atoms with Crippen LogP contribution in [0.15, 0.2) is 30.5 Å². The van der Waals surface area contributed by atoms with Crippen LogP contribution in [0, 0.1) is 0 Å². The largest absolute Gasteiger partial charge is 0.370 e. The molecule has 2 N–H and O–H groups in total. The highest BCUT2D eigenvalue weighted by Gasteiger charge is 2.19. The van der Waals surface area contributed by atoms with Gasteiger partial charge in [0.25, 0.3) is 0 Å². The van der Waals surface area contributed by atoms with Crippen molar-refractivity contribution in [3.63, 3.8) is 0 Å². The molecule has 4 rings (SSSR count). The fraction of sp³-hybridized carbons (Fsp3) is 0.471. The minimum absolute atomic E-state index is 0.402. The van der Waals surface area contributed by atoms with Crippen LogP contribution in [0.3, 0.4) is 0 Å². The zero-order valence-electron chi connectivity index (χ0n) is 12.7. The molecule has 0 radical (unpaired) electrons. The number of nitrogens with one attached hydrogen (secondary N) is 2. The van der Waals surface area contributed by atoms with Gasteiger partial charge in [0.05, 0.1) is 17.9 Å². The average Bonchev–Trinajstić information content (AvgIpc) is 3.27. The number of anilines is 1. The number of imidazole rings is 1. The molecule has 1 atom stereocenters. The fourth-order valence-corrected chi connectivity index (χ4v) is 4.15. The van der Waals surface area contributed by atoms with Gasteiger partial charge in [0.2, 0.25) is 0 Å². The van der Waals surface area contributed by atoms with Gasteiger partial charge in [0.15, 0.2) is 0 Å². The molecular weight excluding hydrogens is 292 g/mol. The number of benzene rings is 1. The Morgan fingerprint density at radius 2 is 1.95 bits per heavy atom. The standard InChI is InChI=1S/C17H22N4S/c1-2-15(18-7-1)17-19-12-16(20-17)13-3-5-14(6-4-13)21-8-10-22-11-9-21/h3-6,12,15,18H,1-2,7-11H2,(H,19,20)/t15-/m0/s1. The van der Waals surface area contributed by atoms with Crippen LogP contribution < -0.4 is 10.2 Å². The zero-order chi connectivity index (χ0) is 14.8. The Bertz CT molecular complexity index is 610. The summed E-state index contributed by atoms with van der Waals surface area (Å²) in [5.74, 6) is 3.55. The van der Waals surface area contributed by atoms with E-state index >= 15 is 0 Å². The third-order valence-electron chi connectivity index (χ3n) is 4.54. The predicted octanol–water partition coefficient (Wildman–Crippen LogP) is 3.05. The van der Waals surface area contributed by atoms with Crippen LogP contribution in [0.5, 0.6) is 0 Å². The Morgan fingerprint density at radius 1 is 1.14 bits per heavy atom. The highest BCUT2D eigenvalue weighted by Crippen LogP contribution is 2.26. The summed E-state index contributed by atoms with van der Waals surface area (Å²) in [5.41, 5.74) is 3.66. The molecule has 0 bridgehead atoms. The zero-order valence-corrected chi connectivity index (χ0v) is 13.5. The molecule has 2 saturated heterocycles. The first-order valence-corrected chi connectivity index (χ1v) is 9.27. The van der Waals surface area contributed by atoms with Crippen LogP contribution in [0.4, 0.5) is 5.69 Å². The van der Waals surface area contributed by atoms with Crippen molar-refractivity contribution >= 4 is 17.4 Å². The van der Waals surface area contributed by atoms with Crippen molar-refractivity contribution in [1.29, 1.82) is 0 Å². The molecule has 0 aliphatic carbocycles. The average molecular weight is 314 g/mol. The van der Waals surface area contributed by atoms with Crippen LogP contribution in [0.25, 0.3) is 11.3 Å². The lowest BCUT2D eigenvalue weighted by Gasteiger charge is -2.28. The first-order valence-electron chi connectivity index (χ1n) is 8.11. The van der Waals surface area contributed by atoms with Crippen LogP contribution in [-0.2, 0) is 0 Å². The molecule has 2 fully saturated rings. The minimum atomic E-state index is 0.402. The summed E-state index contributed by atoms with van der Waals surface area (Å²) in [5, 5.41) is 3.49. The van der Waals surface area contributed by atoms with Gasteiger partial charge in [-0.3, -0.25) is 0 Å². The maximum atomic E-state index is 4.56. The second-order valence-electron chi connectivity index (χ2n) is 5.98. The molecule has 3 heterocycles. The van der Waals surface area contributed by atoms with Crippen molar-refractivity contribution in [2.45, 2.75) is 18.9 Å². The third-order valence-corrected chi connectivity index (χ3v) is 5.48. The molecule has 116 valence electrons. The van der Waals surface area contributed by atoms with Gasteiger partial charge < -0.3 is 15.2 Å². The highest BCUT2D eigenvalue weighted by molar-refractivity contribution is 7.99. The molecule has 22 heavy (non-hydrogen) atoms. The van der Waals surface area contributed by atoms with Gasteiger partial charge in [0.1, 0.15) is 5.82 Å². The lowest BCUT2D eigenvalue weighted by atomic mass is 10.1. The van der Waals surface area contributed by atoms with E-state index in [2.05, 4.69) is 44.5 Å². The smallest absolute Gasteiger partial charge is 0.123 e. The first-order chi connectivity index (χ1) is 10.9. The normalized spacial score (nSPS) is 22.2. The molecule has 0 amide bonds. The summed E-state index contributed by atoms with van der Waals surface area (Å²) in [6.45, 7) is 3.42. The monoisotopic (exact) mass is 314 g/mol. The fourth-order valence-electron chi connectivity index (χ4n) is 3.25. The molecule has 0 spiro atoms. The molecule has 2 aliphatic rings. The van der Waals surface area contributed by atoms with Crippen molar-refractivity contribution in [2.75, 3.05) is 36.0 Å². The maximum Gasteiger partial charge on any atom is 0.123 e. The van der Waals surface area contributed by atoms with Crippen molar-refractivity contribution in [1.82, 2.24) is 15.3 Å². The van der Waals surface area contributed by atoms with E-state index in [1.54, 1.807) is 0 Å². The van der Waals surface area contributed by atoms with E-state index in [0.29, 0.717) is 6.04 Å². The van der Waals surface area contributed by atoms with Gasteiger partial charge in [-0.1, -0.05) is 12.1 Å². The van der Waals surface area contributed by atoms with Crippen LogP contribution >= 0.6 is 11.8 Å². The SMILES string of the molecule is c1cc(N2CCSCC2)ccc1-c1cnc([C@@H]2CCCN2)[nH]1. The molecule has 4 nitrogen and oxygen atoms in total. The molecule has 2 aliphatic heterocycles. The van der Waals surface area contributed by atoms with Gasteiger partial charge in [-0.2, -0.15) is 11.8 Å². The number of H-pyrrole nitrogens is 1. The van der Waals surface area contributed by atoms with Gasteiger partial charge >= 0.3 is 0 Å². The van der Waals surface area contributed by atoms with E-state index in [-0.39, 0.29) is 0 Å². The quantitative estimate of drug-likeness (QED) is 0.914. The minimum Gasteiger partial charge on any atom is -0.370 e. The number of rotatable bonds is 3. The van der Waals surface area contributed by atoms with Crippen LogP contribution in [-0.4, -0.2) is 41.1 Å². The molecule has 5 heteroatoms. The number of nitrogens with zero attached hydrogens (tertiary/aromatic N) is 2. The van der Waals surface area contributed by atoms with Crippen LogP contribution in [0.1, 0.15) is 24.7 Å². The molecule has 1 aromatic carbocycles. The lowest BCUT2D eigenvalue weighted by molar-refractivity contribution is 0.613. The van der Waals surface area contributed by atoms with E-state index in [4.69, 9.17) is 0 Å².